The normalized spacial score (nSPS) is 24.7. The van der Waals surface area contributed by atoms with Crippen molar-refractivity contribution in [2.75, 3.05) is 0 Å². The van der Waals surface area contributed by atoms with Crippen LogP contribution in [0.15, 0.2) is 12.1 Å². The number of rotatable bonds is 8. The molecule has 0 N–H and O–H groups in total. The molecule has 0 aromatic heterocycles. The molecule has 1 fully saturated rings. The molecule has 1 heterocycles. The van der Waals surface area contributed by atoms with E-state index in [0.29, 0.717) is 37.2 Å². The van der Waals surface area contributed by atoms with Gasteiger partial charge in [-0.3, -0.25) is 0 Å². The van der Waals surface area contributed by atoms with E-state index in [2.05, 4.69) is 6.92 Å². The molecule has 3 rings (SSSR count). The van der Waals surface area contributed by atoms with Crippen molar-refractivity contribution in [1.82, 2.24) is 0 Å². The first kappa shape index (κ1) is 22.0. The van der Waals surface area contributed by atoms with Crippen LogP contribution in [0.25, 0.3) is 0 Å². The third kappa shape index (κ3) is 5.07. The molecule has 1 aromatic carbocycles. The summed E-state index contributed by atoms with van der Waals surface area (Å²) < 4.78 is 54.3. The lowest BCUT2D eigenvalue weighted by molar-refractivity contribution is -0.224. The summed E-state index contributed by atoms with van der Waals surface area (Å²) in [6.45, 7) is 4.02. The minimum absolute atomic E-state index is 0.275. The first-order valence-electron chi connectivity index (χ1n) is 10.9. The summed E-state index contributed by atoms with van der Waals surface area (Å²) in [5.74, 6) is -2.87. The number of unbranched alkanes of at least 4 members (excludes halogenated alkanes) is 2. The van der Waals surface area contributed by atoms with E-state index in [1.807, 2.05) is 6.92 Å². The predicted molar refractivity (Wildman–Crippen MR) is 105 cm³/mol. The van der Waals surface area contributed by atoms with Crippen LogP contribution in [0.4, 0.5) is 13.2 Å². The summed E-state index contributed by atoms with van der Waals surface area (Å²) in [5, 5.41) is 0. The molecule has 3 nitrogen and oxygen atoms in total. The van der Waals surface area contributed by atoms with Crippen LogP contribution in [0.5, 0.6) is 5.75 Å². The van der Waals surface area contributed by atoms with E-state index < -0.39 is 29.6 Å². The van der Waals surface area contributed by atoms with Crippen molar-refractivity contribution in [3.8, 4) is 5.75 Å². The molecule has 162 valence electrons. The quantitative estimate of drug-likeness (QED) is 0.353. The van der Waals surface area contributed by atoms with Crippen LogP contribution in [0.2, 0.25) is 0 Å². The second-order valence-electron chi connectivity index (χ2n) is 8.43. The molecular weight excluding hydrogens is 381 g/mol. The van der Waals surface area contributed by atoms with E-state index in [9.17, 15) is 18.0 Å². The summed E-state index contributed by atoms with van der Waals surface area (Å²) in [5.41, 5.74) is 0.205. The number of carbonyl (C=O) groups excluding carboxylic acids is 1. The number of alkyl halides is 2. The Labute approximate surface area is 171 Å². The Morgan fingerprint density at radius 3 is 2.52 bits per heavy atom. The molecule has 1 unspecified atom stereocenters. The van der Waals surface area contributed by atoms with E-state index >= 15 is 0 Å². The third-order valence-electron chi connectivity index (χ3n) is 6.36. The highest BCUT2D eigenvalue weighted by Crippen LogP contribution is 2.42. The van der Waals surface area contributed by atoms with E-state index in [1.54, 1.807) is 0 Å². The largest absolute Gasteiger partial charge is 0.458 e. The van der Waals surface area contributed by atoms with E-state index in [1.165, 1.54) is 18.6 Å². The zero-order valence-corrected chi connectivity index (χ0v) is 17.3. The van der Waals surface area contributed by atoms with Crippen molar-refractivity contribution < 1.29 is 27.4 Å². The van der Waals surface area contributed by atoms with Crippen LogP contribution in [-0.2, 0) is 11.2 Å². The van der Waals surface area contributed by atoms with Gasteiger partial charge in [0.1, 0.15) is 11.7 Å². The number of benzene rings is 1. The Hall–Kier alpha value is -1.72. The topological polar surface area (TPSA) is 35.5 Å². The molecule has 0 bridgehead atoms. The molecule has 1 aliphatic heterocycles. The maximum Gasteiger partial charge on any atom is 0.400 e. The van der Waals surface area contributed by atoms with Crippen LogP contribution in [0.1, 0.15) is 87.6 Å². The number of carbonyl (C=O) groups is 1. The van der Waals surface area contributed by atoms with Crippen molar-refractivity contribution in [3.63, 3.8) is 0 Å². The average molecular weight is 412 g/mol. The lowest BCUT2D eigenvalue weighted by Gasteiger charge is -2.33. The van der Waals surface area contributed by atoms with E-state index in [0.717, 1.165) is 32.1 Å². The SMILES string of the molecule is CCCCCC1CCC(C(F)(F)Oc2ccc3c(c2F)C(=O)OC(CC)C3)CC1. The maximum atomic E-state index is 14.8. The van der Waals surface area contributed by atoms with Gasteiger partial charge in [0, 0.05) is 6.42 Å². The Bertz CT molecular complexity index is 712. The number of esters is 1. The van der Waals surface area contributed by atoms with Gasteiger partial charge < -0.3 is 9.47 Å². The van der Waals surface area contributed by atoms with Gasteiger partial charge in [-0.15, -0.1) is 0 Å². The first-order chi connectivity index (χ1) is 13.9. The fourth-order valence-electron chi connectivity index (χ4n) is 4.49. The lowest BCUT2D eigenvalue weighted by Crippen LogP contribution is -2.37. The molecule has 0 spiro atoms. The molecule has 2 aliphatic rings. The highest BCUT2D eigenvalue weighted by Gasteiger charge is 2.45. The number of halogens is 3. The standard InChI is InChI=1S/C23H31F3O3/c1-3-5-6-7-15-8-11-17(12-9-15)23(25,26)29-19-13-10-16-14-18(4-2)28-22(27)20(16)21(19)24/h10,13,15,17-18H,3-9,11-12,14H2,1-2H3. The van der Waals surface area contributed by atoms with Gasteiger partial charge in [0.15, 0.2) is 11.6 Å². The fourth-order valence-corrected chi connectivity index (χ4v) is 4.49. The van der Waals surface area contributed by atoms with Crippen molar-refractivity contribution >= 4 is 5.97 Å². The molecule has 1 saturated carbocycles. The maximum absolute atomic E-state index is 14.8. The van der Waals surface area contributed by atoms with E-state index in [-0.39, 0.29) is 11.7 Å². The van der Waals surface area contributed by atoms with Gasteiger partial charge >= 0.3 is 12.1 Å². The van der Waals surface area contributed by atoms with Crippen LogP contribution in [0.3, 0.4) is 0 Å². The molecule has 0 saturated heterocycles. The van der Waals surface area contributed by atoms with Crippen molar-refractivity contribution in [1.29, 1.82) is 0 Å². The minimum atomic E-state index is -3.46. The molecule has 1 aromatic rings. The van der Waals surface area contributed by atoms with Gasteiger partial charge in [0.25, 0.3) is 0 Å². The number of ether oxygens (including phenoxy) is 2. The zero-order valence-electron chi connectivity index (χ0n) is 17.3. The number of hydrogen-bond acceptors (Lipinski definition) is 3. The second-order valence-corrected chi connectivity index (χ2v) is 8.43. The summed E-state index contributed by atoms with van der Waals surface area (Å²) in [4.78, 5) is 12.1. The second kappa shape index (κ2) is 9.40. The van der Waals surface area contributed by atoms with Crippen LogP contribution >= 0.6 is 0 Å². The monoisotopic (exact) mass is 412 g/mol. The van der Waals surface area contributed by atoms with Gasteiger partial charge in [-0.2, -0.15) is 8.78 Å². The van der Waals surface area contributed by atoms with Crippen LogP contribution < -0.4 is 4.74 Å². The molecule has 1 atom stereocenters. The average Bonchev–Trinajstić information content (AvgIpc) is 2.70. The molecule has 6 heteroatoms. The molecular formula is C23H31F3O3. The van der Waals surface area contributed by atoms with Gasteiger partial charge in [-0.1, -0.05) is 45.6 Å². The van der Waals surface area contributed by atoms with Crippen molar-refractivity contribution in [2.24, 2.45) is 11.8 Å². The summed E-state index contributed by atoms with van der Waals surface area (Å²) in [7, 11) is 0. The number of hydrogen-bond donors (Lipinski definition) is 0. The molecule has 1 aliphatic carbocycles. The van der Waals surface area contributed by atoms with Crippen LogP contribution in [-0.4, -0.2) is 18.2 Å². The number of cyclic esters (lactones) is 1. The molecule has 0 amide bonds. The zero-order chi connectivity index (χ0) is 21.0. The first-order valence-corrected chi connectivity index (χ1v) is 10.9. The summed E-state index contributed by atoms with van der Waals surface area (Å²) in [6.07, 6.45) is 4.04. The molecule has 0 radical (unpaired) electrons. The Morgan fingerprint density at radius 2 is 1.86 bits per heavy atom. The smallest absolute Gasteiger partial charge is 0.400 e. The highest BCUT2D eigenvalue weighted by atomic mass is 19.3. The summed E-state index contributed by atoms with van der Waals surface area (Å²) in [6, 6.07) is 2.71. The predicted octanol–water partition coefficient (Wildman–Crippen LogP) is 6.68. The Kier molecular flexibility index (Phi) is 7.12. The van der Waals surface area contributed by atoms with Crippen LogP contribution in [0, 0.1) is 17.7 Å². The molecule has 29 heavy (non-hydrogen) atoms. The van der Waals surface area contributed by atoms with Gasteiger partial charge in [-0.05, 0) is 49.7 Å². The highest BCUT2D eigenvalue weighted by molar-refractivity contribution is 5.93. The van der Waals surface area contributed by atoms with Gasteiger partial charge in [-0.25, -0.2) is 9.18 Å². The van der Waals surface area contributed by atoms with Crippen molar-refractivity contribution in [2.45, 2.75) is 90.3 Å². The van der Waals surface area contributed by atoms with Gasteiger partial charge in [0.2, 0.25) is 0 Å². The number of fused-ring (bicyclic) bond motifs is 1. The Morgan fingerprint density at radius 1 is 1.14 bits per heavy atom. The Balaban J connectivity index is 1.65. The third-order valence-corrected chi connectivity index (χ3v) is 6.36. The lowest BCUT2D eigenvalue weighted by atomic mass is 9.79. The fraction of sp³-hybridized carbons (Fsp3) is 0.696. The summed E-state index contributed by atoms with van der Waals surface area (Å²) >= 11 is 0. The minimum Gasteiger partial charge on any atom is -0.458 e. The van der Waals surface area contributed by atoms with E-state index in [4.69, 9.17) is 9.47 Å². The van der Waals surface area contributed by atoms with Crippen molar-refractivity contribution in [3.05, 3.63) is 29.1 Å². The van der Waals surface area contributed by atoms with Gasteiger partial charge in [0.05, 0.1) is 5.92 Å².